The van der Waals surface area contributed by atoms with Gasteiger partial charge in [0.2, 0.25) is 0 Å². The minimum Gasteiger partial charge on any atom is -0.374 e. The van der Waals surface area contributed by atoms with Crippen LogP contribution in [-0.4, -0.2) is 34.0 Å². The second-order valence-corrected chi connectivity index (χ2v) is 6.33. The number of hydrogen-bond acceptors (Lipinski definition) is 5. The molecule has 0 rings (SSSR count). The molecule has 0 heterocycles. The zero-order valence-electron chi connectivity index (χ0n) is 9.86. The van der Waals surface area contributed by atoms with E-state index in [2.05, 4.69) is 12.6 Å². The van der Waals surface area contributed by atoms with E-state index in [-0.39, 0.29) is 6.23 Å². The fourth-order valence-electron chi connectivity index (χ4n) is 1.33. The molecule has 6 heteroatoms. The van der Waals surface area contributed by atoms with Crippen molar-refractivity contribution in [1.29, 1.82) is 0 Å². The van der Waals surface area contributed by atoms with E-state index in [4.69, 9.17) is 19.0 Å². The van der Waals surface area contributed by atoms with Gasteiger partial charge in [-0.2, -0.15) is 12.6 Å². The molecular weight excluding hydrogens is 230 g/mol. The molecule has 0 radical (unpaired) electrons. The Hall–Kier alpha value is 0.407. The lowest BCUT2D eigenvalue weighted by atomic mass is 10.6. The third kappa shape index (κ3) is 6.55. The summed E-state index contributed by atoms with van der Waals surface area (Å²) in [6.45, 7) is 6.84. The smallest absolute Gasteiger partial charge is 0.374 e. The molecule has 0 aliphatic heterocycles. The van der Waals surface area contributed by atoms with Crippen LogP contribution in [0.15, 0.2) is 0 Å². The maximum atomic E-state index is 5.66. The molecule has 4 nitrogen and oxygen atoms in total. The van der Waals surface area contributed by atoms with E-state index < -0.39 is 8.80 Å². The van der Waals surface area contributed by atoms with Gasteiger partial charge in [0.25, 0.3) is 0 Å². The van der Waals surface area contributed by atoms with E-state index in [9.17, 15) is 0 Å². The lowest BCUT2D eigenvalue weighted by Crippen LogP contribution is -2.49. The van der Waals surface area contributed by atoms with Gasteiger partial charge in [-0.1, -0.05) is 0 Å². The summed E-state index contributed by atoms with van der Waals surface area (Å²) in [6.07, 6.45) is 0.567. The van der Waals surface area contributed by atoms with Crippen LogP contribution in [0.5, 0.6) is 0 Å². The molecule has 15 heavy (non-hydrogen) atoms. The Morgan fingerprint density at radius 3 is 2.13 bits per heavy atom. The number of thiol groups is 1. The first kappa shape index (κ1) is 15.4. The number of hydrogen-bond donors (Lipinski definition) is 2. The summed E-state index contributed by atoms with van der Waals surface area (Å²) in [5.41, 5.74) is 5.64. The molecule has 1 atom stereocenters. The van der Waals surface area contributed by atoms with Crippen molar-refractivity contribution < 1.29 is 13.3 Å². The predicted molar refractivity (Wildman–Crippen MR) is 67.0 cm³/mol. The van der Waals surface area contributed by atoms with Crippen molar-refractivity contribution in [2.45, 2.75) is 39.5 Å². The summed E-state index contributed by atoms with van der Waals surface area (Å²) in [7, 11) is -2.55. The van der Waals surface area contributed by atoms with Gasteiger partial charge < -0.3 is 19.0 Å². The average molecular weight is 253 g/mol. The van der Waals surface area contributed by atoms with Crippen molar-refractivity contribution in [2.24, 2.45) is 5.73 Å². The summed E-state index contributed by atoms with van der Waals surface area (Å²) in [5, 5.41) is 0. The molecular formula is C9H23NO3SSi. The quantitative estimate of drug-likeness (QED) is 0.373. The molecule has 0 aromatic carbocycles. The van der Waals surface area contributed by atoms with Crippen LogP contribution in [0.25, 0.3) is 0 Å². The van der Waals surface area contributed by atoms with Crippen molar-refractivity contribution in [3.63, 3.8) is 0 Å². The zero-order valence-corrected chi connectivity index (χ0v) is 11.8. The highest BCUT2D eigenvalue weighted by Gasteiger charge is 2.40. The zero-order chi connectivity index (χ0) is 11.7. The van der Waals surface area contributed by atoms with Crippen LogP contribution in [0.3, 0.4) is 0 Å². The monoisotopic (exact) mass is 253 g/mol. The van der Waals surface area contributed by atoms with Crippen LogP contribution in [-0.2, 0) is 13.3 Å². The largest absolute Gasteiger partial charge is 0.502 e. The van der Waals surface area contributed by atoms with Crippen LogP contribution in [0, 0.1) is 0 Å². The van der Waals surface area contributed by atoms with E-state index >= 15 is 0 Å². The SMILES string of the molecule is CCO[Si](CCCS)(OCC)OC(C)N. The molecule has 0 aliphatic carbocycles. The lowest BCUT2D eigenvalue weighted by Gasteiger charge is -2.30. The first-order valence-electron chi connectivity index (χ1n) is 5.42. The molecule has 1 unspecified atom stereocenters. The normalized spacial score (nSPS) is 14.2. The topological polar surface area (TPSA) is 53.7 Å². The third-order valence-corrected chi connectivity index (χ3v) is 5.21. The van der Waals surface area contributed by atoms with Crippen molar-refractivity contribution in [2.75, 3.05) is 19.0 Å². The fourth-order valence-corrected chi connectivity index (χ4v) is 4.47. The highest BCUT2D eigenvalue weighted by Crippen LogP contribution is 2.19. The molecule has 0 aromatic rings. The van der Waals surface area contributed by atoms with Crippen LogP contribution >= 0.6 is 12.6 Å². The van der Waals surface area contributed by atoms with Gasteiger partial charge in [0.05, 0.1) is 6.23 Å². The van der Waals surface area contributed by atoms with Crippen molar-refractivity contribution in [3.05, 3.63) is 0 Å². The fraction of sp³-hybridized carbons (Fsp3) is 1.00. The van der Waals surface area contributed by atoms with E-state index in [0.29, 0.717) is 13.2 Å². The Morgan fingerprint density at radius 1 is 1.27 bits per heavy atom. The maximum absolute atomic E-state index is 5.66. The number of rotatable bonds is 9. The van der Waals surface area contributed by atoms with E-state index in [1.807, 2.05) is 13.8 Å². The molecule has 0 saturated carbocycles. The molecule has 0 amide bonds. The average Bonchev–Trinajstić information content (AvgIpc) is 2.14. The molecule has 0 saturated heterocycles. The maximum Gasteiger partial charge on any atom is 0.502 e. The summed E-state index contributed by atoms with van der Waals surface area (Å²) in [5.74, 6) is 0.803. The van der Waals surface area contributed by atoms with Gasteiger partial charge >= 0.3 is 8.80 Å². The first-order chi connectivity index (χ1) is 7.10. The highest BCUT2D eigenvalue weighted by atomic mass is 32.1. The molecule has 2 N–H and O–H groups in total. The predicted octanol–water partition coefficient (Wildman–Crippen LogP) is 1.64. The minimum absolute atomic E-state index is 0.352. The Labute approximate surface area is 99.2 Å². The minimum atomic E-state index is -2.55. The first-order valence-corrected chi connectivity index (χ1v) is 7.98. The van der Waals surface area contributed by atoms with Gasteiger partial charge in [-0.05, 0) is 32.9 Å². The van der Waals surface area contributed by atoms with Crippen LogP contribution in [0.1, 0.15) is 27.2 Å². The van der Waals surface area contributed by atoms with Gasteiger partial charge in [-0.3, -0.25) is 0 Å². The molecule has 0 spiro atoms. The van der Waals surface area contributed by atoms with E-state index in [1.165, 1.54) is 0 Å². The molecule has 0 aliphatic rings. The second-order valence-electron chi connectivity index (χ2n) is 3.20. The summed E-state index contributed by atoms with van der Waals surface area (Å²) in [4.78, 5) is 0. The Morgan fingerprint density at radius 2 is 1.80 bits per heavy atom. The van der Waals surface area contributed by atoms with Gasteiger partial charge in [-0.15, -0.1) is 0 Å². The molecule has 0 fully saturated rings. The highest BCUT2D eigenvalue weighted by molar-refractivity contribution is 7.80. The summed E-state index contributed by atoms with van der Waals surface area (Å²) >= 11 is 4.18. The van der Waals surface area contributed by atoms with Crippen LogP contribution in [0.4, 0.5) is 0 Å². The lowest BCUT2D eigenvalue weighted by molar-refractivity contribution is 0.0404. The molecule has 0 bridgehead atoms. The Bertz CT molecular complexity index is 154. The van der Waals surface area contributed by atoms with E-state index in [0.717, 1.165) is 18.2 Å². The van der Waals surface area contributed by atoms with Gasteiger partial charge in [-0.25, -0.2) is 0 Å². The Balaban J connectivity index is 4.40. The van der Waals surface area contributed by atoms with Crippen LogP contribution < -0.4 is 5.73 Å². The Kier molecular flexibility index (Phi) is 8.78. The van der Waals surface area contributed by atoms with Crippen molar-refractivity contribution >= 4 is 21.4 Å². The van der Waals surface area contributed by atoms with Gasteiger partial charge in [0.1, 0.15) is 0 Å². The second kappa shape index (κ2) is 8.55. The van der Waals surface area contributed by atoms with Crippen LogP contribution in [0.2, 0.25) is 6.04 Å². The summed E-state index contributed by atoms with van der Waals surface area (Å²) in [6, 6.07) is 0.778. The standard InChI is InChI=1S/C9H23NO3SSi/c1-4-11-15(12-5-2,8-6-7-14)13-9(3)10/h9,14H,4-8,10H2,1-3H3. The van der Waals surface area contributed by atoms with E-state index in [1.54, 1.807) is 6.92 Å². The summed E-state index contributed by atoms with van der Waals surface area (Å²) < 4.78 is 17.0. The van der Waals surface area contributed by atoms with Gasteiger partial charge in [0.15, 0.2) is 0 Å². The molecule has 0 aromatic heterocycles. The molecule has 92 valence electrons. The third-order valence-electron chi connectivity index (χ3n) is 1.74. The number of nitrogens with two attached hydrogens (primary N) is 1. The van der Waals surface area contributed by atoms with Crippen molar-refractivity contribution in [3.8, 4) is 0 Å². The van der Waals surface area contributed by atoms with Gasteiger partial charge in [0, 0.05) is 19.3 Å². The van der Waals surface area contributed by atoms with Crippen molar-refractivity contribution in [1.82, 2.24) is 0 Å².